The van der Waals surface area contributed by atoms with Gasteiger partial charge >= 0.3 is 6.29 Å². The minimum atomic E-state index is -3.60. The number of fused-ring (bicyclic) bond motifs is 1. The fraction of sp³-hybridized carbons (Fsp3) is 0.364. The third-order valence-corrected chi connectivity index (χ3v) is 2.23. The number of nitrogens with zero attached hydrogens (tertiary/aromatic N) is 1. The molecule has 17 heavy (non-hydrogen) atoms. The average Bonchev–Trinajstić information content (AvgIpc) is 2.58. The van der Waals surface area contributed by atoms with E-state index < -0.39 is 6.29 Å². The average molecular weight is 240 g/mol. The Labute approximate surface area is 96.8 Å². The SMILES string of the molecule is CC(C#N)CNc1ccc2c(c1)OC(F)(F)O2. The van der Waals surface area contributed by atoms with Gasteiger partial charge in [-0.1, -0.05) is 0 Å². The highest BCUT2D eigenvalue weighted by atomic mass is 19.3. The van der Waals surface area contributed by atoms with Crippen molar-refractivity contribution in [3.63, 3.8) is 0 Å². The molecule has 1 unspecified atom stereocenters. The van der Waals surface area contributed by atoms with E-state index in [1.165, 1.54) is 12.1 Å². The highest BCUT2D eigenvalue weighted by Crippen LogP contribution is 2.42. The minimum Gasteiger partial charge on any atom is -0.395 e. The minimum absolute atomic E-state index is 0.00822. The molecule has 0 amide bonds. The standard InChI is InChI=1S/C11H10F2N2O2/c1-7(5-14)6-15-8-2-3-9-10(4-8)17-11(12,13)16-9/h2-4,7,15H,6H2,1H3. The molecule has 0 bridgehead atoms. The lowest BCUT2D eigenvalue weighted by Gasteiger charge is -2.07. The molecule has 0 radical (unpaired) electrons. The lowest BCUT2D eigenvalue weighted by Crippen LogP contribution is -2.25. The van der Waals surface area contributed by atoms with Crippen molar-refractivity contribution in [2.45, 2.75) is 13.2 Å². The summed E-state index contributed by atoms with van der Waals surface area (Å²) in [6, 6.07) is 6.47. The molecule has 1 aromatic rings. The lowest BCUT2D eigenvalue weighted by molar-refractivity contribution is -0.286. The molecule has 1 aliphatic rings. The summed E-state index contributed by atoms with van der Waals surface area (Å²) in [4.78, 5) is 0. The van der Waals surface area contributed by atoms with E-state index in [9.17, 15) is 8.78 Å². The van der Waals surface area contributed by atoms with Gasteiger partial charge in [0.25, 0.3) is 0 Å². The Balaban J connectivity index is 2.07. The molecule has 1 aromatic carbocycles. The van der Waals surface area contributed by atoms with Crippen LogP contribution in [-0.4, -0.2) is 12.8 Å². The first kappa shape index (κ1) is 11.5. The normalized spacial score (nSPS) is 17.3. The molecule has 0 aliphatic carbocycles. The Morgan fingerprint density at radius 2 is 2.12 bits per heavy atom. The summed E-state index contributed by atoms with van der Waals surface area (Å²) < 4.78 is 34.0. The molecule has 0 spiro atoms. The van der Waals surface area contributed by atoms with Crippen LogP contribution >= 0.6 is 0 Å². The molecule has 4 nitrogen and oxygen atoms in total. The molecule has 0 fully saturated rings. The van der Waals surface area contributed by atoms with Crippen molar-refractivity contribution in [1.29, 1.82) is 5.26 Å². The molecule has 2 rings (SSSR count). The number of hydrogen-bond donors (Lipinski definition) is 1. The van der Waals surface area contributed by atoms with Gasteiger partial charge in [-0.15, -0.1) is 8.78 Å². The highest BCUT2D eigenvalue weighted by molar-refractivity contribution is 5.56. The second-order valence-corrected chi connectivity index (χ2v) is 3.74. The van der Waals surface area contributed by atoms with Gasteiger partial charge in [0.15, 0.2) is 11.5 Å². The van der Waals surface area contributed by atoms with Crippen molar-refractivity contribution in [3.8, 4) is 17.6 Å². The van der Waals surface area contributed by atoms with Gasteiger partial charge in [0, 0.05) is 18.3 Å². The van der Waals surface area contributed by atoms with Crippen LogP contribution in [0.5, 0.6) is 11.5 Å². The quantitative estimate of drug-likeness (QED) is 0.882. The number of nitrogens with one attached hydrogen (secondary N) is 1. The molecule has 1 aliphatic heterocycles. The number of hydrogen-bond acceptors (Lipinski definition) is 4. The van der Waals surface area contributed by atoms with Gasteiger partial charge in [-0.25, -0.2) is 0 Å². The Hall–Kier alpha value is -2.03. The third kappa shape index (κ3) is 2.56. The molecular weight excluding hydrogens is 230 g/mol. The van der Waals surface area contributed by atoms with Gasteiger partial charge < -0.3 is 14.8 Å². The van der Waals surface area contributed by atoms with E-state index in [0.717, 1.165) is 0 Å². The number of halogens is 2. The molecule has 0 aromatic heterocycles. The Morgan fingerprint density at radius 3 is 2.82 bits per heavy atom. The number of nitriles is 1. The van der Waals surface area contributed by atoms with Crippen LogP contribution in [0.1, 0.15) is 6.92 Å². The van der Waals surface area contributed by atoms with Crippen molar-refractivity contribution in [2.75, 3.05) is 11.9 Å². The summed E-state index contributed by atoms with van der Waals surface area (Å²) in [5.74, 6) is -0.166. The van der Waals surface area contributed by atoms with Crippen LogP contribution in [0.25, 0.3) is 0 Å². The molecular formula is C11H10F2N2O2. The first-order valence-electron chi connectivity index (χ1n) is 5.03. The maximum absolute atomic E-state index is 12.7. The maximum atomic E-state index is 12.7. The van der Waals surface area contributed by atoms with E-state index in [1.807, 2.05) is 0 Å². The van der Waals surface area contributed by atoms with Crippen LogP contribution in [0.3, 0.4) is 0 Å². The zero-order valence-electron chi connectivity index (χ0n) is 9.04. The molecule has 1 N–H and O–H groups in total. The number of alkyl halides is 2. The zero-order chi connectivity index (χ0) is 12.5. The van der Waals surface area contributed by atoms with E-state index in [2.05, 4.69) is 20.9 Å². The summed E-state index contributed by atoms with van der Waals surface area (Å²) in [5.41, 5.74) is 0.604. The van der Waals surface area contributed by atoms with Gasteiger partial charge in [0.1, 0.15) is 0 Å². The van der Waals surface area contributed by atoms with Crippen molar-refractivity contribution in [2.24, 2.45) is 5.92 Å². The molecule has 90 valence electrons. The van der Waals surface area contributed by atoms with Gasteiger partial charge in [0.2, 0.25) is 0 Å². The van der Waals surface area contributed by atoms with E-state index in [0.29, 0.717) is 12.2 Å². The smallest absolute Gasteiger partial charge is 0.395 e. The van der Waals surface area contributed by atoms with E-state index in [-0.39, 0.29) is 17.4 Å². The first-order valence-corrected chi connectivity index (χ1v) is 5.03. The summed E-state index contributed by atoms with van der Waals surface area (Å²) in [6.07, 6.45) is -3.60. The molecule has 0 saturated heterocycles. The van der Waals surface area contributed by atoms with Crippen molar-refractivity contribution < 1.29 is 18.3 Å². The number of anilines is 1. The molecule has 1 heterocycles. The first-order chi connectivity index (χ1) is 8.00. The van der Waals surface area contributed by atoms with Crippen LogP contribution in [0.2, 0.25) is 0 Å². The Bertz CT molecular complexity index is 471. The predicted octanol–water partition coefficient (Wildman–Crippen LogP) is 2.58. The van der Waals surface area contributed by atoms with E-state index >= 15 is 0 Å². The second-order valence-electron chi connectivity index (χ2n) is 3.74. The van der Waals surface area contributed by atoms with Gasteiger partial charge in [-0.2, -0.15) is 5.26 Å². The van der Waals surface area contributed by atoms with Crippen molar-refractivity contribution in [3.05, 3.63) is 18.2 Å². The van der Waals surface area contributed by atoms with Gasteiger partial charge in [-0.3, -0.25) is 0 Å². The van der Waals surface area contributed by atoms with Crippen molar-refractivity contribution >= 4 is 5.69 Å². The number of benzene rings is 1. The lowest BCUT2D eigenvalue weighted by atomic mass is 10.2. The van der Waals surface area contributed by atoms with Crippen LogP contribution in [0.15, 0.2) is 18.2 Å². The number of rotatable bonds is 3. The van der Waals surface area contributed by atoms with Gasteiger partial charge in [0.05, 0.1) is 12.0 Å². The third-order valence-electron chi connectivity index (χ3n) is 2.23. The highest BCUT2D eigenvalue weighted by Gasteiger charge is 2.43. The molecule has 1 atom stereocenters. The van der Waals surface area contributed by atoms with Crippen LogP contribution in [0.4, 0.5) is 14.5 Å². The maximum Gasteiger partial charge on any atom is 0.586 e. The summed E-state index contributed by atoms with van der Waals surface area (Å²) in [5, 5.41) is 11.6. The molecule has 0 saturated carbocycles. The Morgan fingerprint density at radius 1 is 1.41 bits per heavy atom. The van der Waals surface area contributed by atoms with E-state index in [1.54, 1.807) is 13.0 Å². The summed E-state index contributed by atoms with van der Waals surface area (Å²) >= 11 is 0. The van der Waals surface area contributed by atoms with Gasteiger partial charge in [-0.05, 0) is 19.1 Å². The van der Waals surface area contributed by atoms with Crippen LogP contribution in [0, 0.1) is 17.2 Å². The fourth-order valence-electron chi connectivity index (χ4n) is 1.38. The summed E-state index contributed by atoms with van der Waals surface area (Å²) in [7, 11) is 0. The number of ether oxygens (including phenoxy) is 2. The fourth-order valence-corrected chi connectivity index (χ4v) is 1.38. The zero-order valence-corrected chi connectivity index (χ0v) is 9.04. The van der Waals surface area contributed by atoms with Crippen molar-refractivity contribution in [1.82, 2.24) is 0 Å². The predicted molar refractivity (Wildman–Crippen MR) is 55.9 cm³/mol. The van der Waals surface area contributed by atoms with Crippen LogP contribution in [-0.2, 0) is 0 Å². The molecule has 6 heteroatoms. The summed E-state index contributed by atoms with van der Waals surface area (Å²) in [6.45, 7) is 2.20. The Kier molecular flexibility index (Phi) is 2.76. The topological polar surface area (TPSA) is 54.3 Å². The van der Waals surface area contributed by atoms with E-state index in [4.69, 9.17) is 5.26 Å². The monoisotopic (exact) mass is 240 g/mol. The second kappa shape index (κ2) is 4.09. The largest absolute Gasteiger partial charge is 0.586 e. The van der Waals surface area contributed by atoms with Crippen LogP contribution < -0.4 is 14.8 Å².